The number of methoxy groups -OCH3 is 2. The molecule has 1 fully saturated rings. The molecule has 11 nitrogen and oxygen atoms in total. The van der Waals surface area contributed by atoms with Crippen LogP contribution in [0.1, 0.15) is 62.7 Å². The monoisotopic (exact) mass is 543 g/mol. The maximum atomic E-state index is 13.1. The quantitative estimate of drug-likeness (QED) is 0.296. The molecule has 5 rings (SSSR count). The van der Waals surface area contributed by atoms with Gasteiger partial charge >= 0.3 is 0 Å². The fourth-order valence-electron chi connectivity index (χ4n) is 5.45. The summed E-state index contributed by atoms with van der Waals surface area (Å²) in [5, 5.41) is 40.1. The van der Waals surface area contributed by atoms with Gasteiger partial charge in [0.25, 0.3) is 0 Å². The van der Waals surface area contributed by atoms with Crippen LogP contribution >= 0.6 is 0 Å². The lowest BCUT2D eigenvalue weighted by Gasteiger charge is -2.35. The molecule has 6 N–H and O–H groups in total. The minimum atomic E-state index is -0.609. The molecule has 1 saturated heterocycles. The highest BCUT2D eigenvalue weighted by Gasteiger charge is 2.41. The molecular formula is C28H33NO10. The van der Waals surface area contributed by atoms with Crippen LogP contribution in [-0.4, -0.2) is 83.1 Å². The van der Waals surface area contributed by atoms with Crippen molar-refractivity contribution in [2.45, 2.75) is 57.1 Å². The van der Waals surface area contributed by atoms with Gasteiger partial charge in [-0.3, -0.25) is 14.4 Å². The molecule has 0 saturated carbocycles. The van der Waals surface area contributed by atoms with Crippen LogP contribution in [0.15, 0.2) is 18.2 Å². The summed E-state index contributed by atoms with van der Waals surface area (Å²) in [5.74, 6) is -2.56. The topological polar surface area (TPSA) is 186 Å². The first-order valence-corrected chi connectivity index (χ1v) is 12.7. The normalized spacial score (nSPS) is 25.5. The number of fused-ring (bicyclic) bond motifs is 3. The molecule has 1 aliphatic heterocycles. The zero-order valence-electron chi connectivity index (χ0n) is 22.0. The summed E-state index contributed by atoms with van der Waals surface area (Å²) in [6, 6.07) is 4.35. The van der Waals surface area contributed by atoms with Crippen molar-refractivity contribution in [3.8, 4) is 17.2 Å². The second-order valence-electron chi connectivity index (χ2n) is 9.91. The number of phenolic OH excluding ortho intramolecular Hbond substituents is 2. The predicted octanol–water partition coefficient (Wildman–Crippen LogP) is 1.00. The summed E-state index contributed by atoms with van der Waals surface area (Å²) in [6.07, 6.45) is 0.211. The van der Waals surface area contributed by atoms with Gasteiger partial charge in [0, 0.05) is 42.2 Å². The minimum absolute atomic E-state index is 0.0568. The van der Waals surface area contributed by atoms with Gasteiger partial charge in [0.1, 0.15) is 23.9 Å². The lowest BCUT2D eigenvalue weighted by Crippen LogP contribution is -2.51. The van der Waals surface area contributed by atoms with E-state index in [1.165, 1.54) is 13.2 Å². The Morgan fingerprint density at radius 3 is 2.36 bits per heavy atom. The predicted molar refractivity (Wildman–Crippen MR) is 137 cm³/mol. The first kappa shape index (κ1) is 28.7. The third-order valence-corrected chi connectivity index (χ3v) is 7.65. The van der Waals surface area contributed by atoms with E-state index >= 15 is 0 Å². The molecule has 2 aliphatic carbocycles. The molecular weight excluding hydrogens is 510 g/mol. The minimum Gasteiger partial charge on any atom is -0.507 e. The number of Topliss-reactive ketones (excluding diaryl/α,β-unsaturated/α-hetero) is 1. The van der Waals surface area contributed by atoms with E-state index in [-0.39, 0.29) is 82.1 Å². The first-order valence-electron chi connectivity index (χ1n) is 12.7. The Balaban J connectivity index is 0.000000270. The number of hydrogen-bond acceptors (Lipinski definition) is 11. The van der Waals surface area contributed by atoms with Gasteiger partial charge < -0.3 is 40.4 Å². The average molecular weight is 544 g/mol. The van der Waals surface area contributed by atoms with Crippen molar-refractivity contribution in [3.63, 3.8) is 0 Å². The molecule has 0 aromatic heterocycles. The number of hydrogen-bond donors (Lipinski definition) is 5. The summed E-state index contributed by atoms with van der Waals surface area (Å²) in [5.41, 5.74) is 5.93. The molecule has 3 aliphatic rings. The van der Waals surface area contributed by atoms with Crippen molar-refractivity contribution < 1.29 is 49.0 Å². The third-order valence-electron chi connectivity index (χ3n) is 7.65. The highest BCUT2D eigenvalue weighted by Crippen LogP contribution is 2.47. The van der Waals surface area contributed by atoms with Crippen molar-refractivity contribution in [2.24, 2.45) is 11.7 Å². The fraction of sp³-hybridized carbons (Fsp3) is 0.464. The molecule has 39 heavy (non-hydrogen) atoms. The Hall–Kier alpha value is -3.35. The van der Waals surface area contributed by atoms with E-state index in [1.54, 1.807) is 26.2 Å². The summed E-state index contributed by atoms with van der Waals surface area (Å²) >= 11 is 0. The van der Waals surface area contributed by atoms with Crippen LogP contribution in [-0.2, 0) is 27.1 Å². The van der Waals surface area contributed by atoms with Crippen LogP contribution in [0, 0.1) is 5.92 Å². The Morgan fingerprint density at radius 2 is 1.74 bits per heavy atom. The number of benzene rings is 2. The average Bonchev–Trinajstić information content (AvgIpc) is 2.95. The van der Waals surface area contributed by atoms with Crippen LogP contribution in [0.25, 0.3) is 0 Å². The van der Waals surface area contributed by atoms with Crippen molar-refractivity contribution >= 4 is 17.3 Å². The van der Waals surface area contributed by atoms with E-state index in [2.05, 4.69) is 0 Å². The fourth-order valence-corrected chi connectivity index (χ4v) is 5.45. The van der Waals surface area contributed by atoms with Crippen molar-refractivity contribution in [1.82, 2.24) is 0 Å². The number of carbonyl (C=O) groups excluding carboxylic acids is 3. The van der Waals surface area contributed by atoms with Gasteiger partial charge in [0.05, 0.1) is 36.0 Å². The van der Waals surface area contributed by atoms with Gasteiger partial charge in [0.2, 0.25) is 5.78 Å². The third kappa shape index (κ3) is 5.04. The SMILES string of the molecule is COC1C[C@@H](N)C(O)C(C)O1.COc1cccc2c1C(=O)c1c(O)c3c(c(O)c1C2=O)CC(C(=O)CO)CC3. The van der Waals surface area contributed by atoms with Crippen molar-refractivity contribution in [3.05, 3.63) is 51.6 Å². The zero-order valence-corrected chi connectivity index (χ0v) is 22.0. The molecule has 11 heteroatoms. The van der Waals surface area contributed by atoms with Gasteiger partial charge in [-0.15, -0.1) is 0 Å². The summed E-state index contributed by atoms with van der Waals surface area (Å²) < 4.78 is 15.4. The van der Waals surface area contributed by atoms with Crippen molar-refractivity contribution in [2.75, 3.05) is 20.8 Å². The van der Waals surface area contributed by atoms with E-state index in [9.17, 15) is 29.7 Å². The number of ether oxygens (including phenoxy) is 3. The molecule has 0 radical (unpaired) electrons. The molecule has 2 aromatic carbocycles. The van der Waals surface area contributed by atoms with Crippen LogP contribution in [0.3, 0.4) is 0 Å². The summed E-state index contributed by atoms with van der Waals surface area (Å²) in [7, 11) is 2.95. The number of nitrogens with two attached hydrogens (primary N) is 1. The van der Waals surface area contributed by atoms with Gasteiger partial charge in [-0.2, -0.15) is 0 Å². The highest BCUT2D eigenvalue weighted by atomic mass is 16.7. The van der Waals surface area contributed by atoms with Crippen LogP contribution in [0.5, 0.6) is 17.2 Å². The number of ketones is 3. The van der Waals surface area contributed by atoms with Gasteiger partial charge in [0.15, 0.2) is 17.9 Å². The number of phenols is 2. The van der Waals surface area contributed by atoms with Gasteiger partial charge in [-0.05, 0) is 32.3 Å². The molecule has 210 valence electrons. The number of rotatable bonds is 4. The number of carbonyl (C=O) groups is 3. The Labute approximate surface area is 225 Å². The molecule has 2 aromatic rings. The van der Waals surface area contributed by atoms with Crippen molar-refractivity contribution in [1.29, 1.82) is 0 Å². The van der Waals surface area contributed by atoms with Gasteiger partial charge in [-0.1, -0.05) is 12.1 Å². The molecule has 5 atom stereocenters. The van der Waals surface area contributed by atoms with Crippen LogP contribution in [0.2, 0.25) is 0 Å². The van der Waals surface area contributed by atoms with Gasteiger partial charge in [-0.25, -0.2) is 0 Å². The number of aliphatic hydroxyl groups excluding tert-OH is 2. The Bertz CT molecular complexity index is 1290. The smallest absolute Gasteiger partial charge is 0.202 e. The van der Waals surface area contributed by atoms with Crippen LogP contribution < -0.4 is 10.5 Å². The Morgan fingerprint density at radius 1 is 1.08 bits per heavy atom. The maximum absolute atomic E-state index is 13.1. The zero-order chi connectivity index (χ0) is 28.6. The lowest BCUT2D eigenvalue weighted by atomic mass is 9.75. The van der Waals surface area contributed by atoms with E-state index < -0.39 is 30.2 Å². The maximum Gasteiger partial charge on any atom is 0.202 e. The van der Waals surface area contributed by atoms with E-state index in [1.807, 2.05) is 0 Å². The number of aromatic hydroxyl groups is 2. The molecule has 4 unspecified atom stereocenters. The largest absolute Gasteiger partial charge is 0.507 e. The molecule has 0 bridgehead atoms. The van der Waals surface area contributed by atoms with E-state index in [0.29, 0.717) is 18.4 Å². The second-order valence-corrected chi connectivity index (χ2v) is 9.91. The standard InChI is InChI=1S/C21H18O7.C7H15NO3/c1-28-14-4-2-3-11-15(14)21(27)17-16(19(11)25)20(26)12-7-9(13(23)8-22)5-6-10(12)18(17)24;1-4-7(9)5(8)3-6(10-2)11-4/h2-4,9,22,24,26H,5-8H2,1H3;4-7,9H,3,8H2,1-2H3/t;4?,5-,6?,7?/m.1/s1. The van der Waals surface area contributed by atoms with E-state index in [0.717, 1.165) is 0 Å². The molecule has 0 amide bonds. The lowest BCUT2D eigenvalue weighted by molar-refractivity contribution is -0.211. The Kier molecular flexibility index (Phi) is 8.38. The van der Waals surface area contributed by atoms with Crippen LogP contribution in [0.4, 0.5) is 0 Å². The molecule has 0 spiro atoms. The first-order chi connectivity index (χ1) is 18.5. The van der Waals surface area contributed by atoms with E-state index in [4.69, 9.17) is 25.1 Å². The summed E-state index contributed by atoms with van der Waals surface area (Å²) in [4.78, 5) is 38.1. The summed E-state index contributed by atoms with van der Waals surface area (Å²) in [6.45, 7) is 1.18. The molecule has 1 heterocycles. The second kappa shape index (κ2) is 11.4. The number of aliphatic hydroxyl groups is 2. The highest BCUT2D eigenvalue weighted by molar-refractivity contribution is 6.31.